The third-order valence-corrected chi connectivity index (χ3v) is 5.17. The molecule has 5 heteroatoms. The summed E-state index contributed by atoms with van der Waals surface area (Å²) < 4.78 is -0.549. The molecule has 0 bridgehead atoms. The SMILES string of the molecule is BC1(C(=O)O)CCCCCC(O)(I)CCCCC1. The maximum Gasteiger partial charge on any atom is 0.301 e. The van der Waals surface area contributed by atoms with E-state index in [1.807, 2.05) is 7.85 Å². The largest absolute Gasteiger partial charge is 0.481 e. The Morgan fingerprint density at radius 2 is 1.33 bits per heavy atom. The van der Waals surface area contributed by atoms with Crippen LogP contribution < -0.4 is 0 Å². The summed E-state index contributed by atoms with van der Waals surface area (Å²) in [5.41, 5.74) is 0. The van der Waals surface area contributed by atoms with Crippen LogP contribution in [0.2, 0.25) is 5.31 Å². The van der Waals surface area contributed by atoms with E-state index in [0.717, 1.165) is 64.2 Å². The second-order valence-electron chi connectivity index (χ2n) is 5.91. The molecule has 0 spiro atoms. The van der Waals surface area contributed by atoms with Crippen molar-refractivity contribution in [3.05, 3.63) is 0 Å². The molecular weight excluding hydrogens is 342 g/mol. The summed E-state index contributed by atoms with van der Waals surface area (Å²) >= 11 is 2.16. The highest BCUT2D eigenvalue weighted by molar-refractivity contribution is 14.1. The zero-order valence-electron chi connectivity index (χ0n) is 11.3. The molecule has 1 rings (SSSR count). The van der Waals surface area contributed by atoms with Crippen LogP contribution in [-0.2, 0) is 4.79 Å². The van der Waals surface area contributed by atoms with Crippen LogP contribution in [0.25, 0.3) is 0 Å². The zero-order valence-corrected chi connectivity index (χ0v) is 13.4. The van der Waals surface area contributed by atoms with Crippen molar-refractivity contribution in [1.29, 1.82) is 0 Å². The molecule has 104 valence electrons. The molecule has 1 fully saturated rings. The lowest BCUT2D eigenvalue weighted by atomic mass is 9.62. The molecule has 0 amide bonds. The summed E-state index contributed by atoms with van der Waals surface area (Å²) in [6.07, 6.45) is 9.14. The van der Waals surface area contributed by atoms with E-state index in [9.17, 15) is 15.0 Å². The highest BCUT2D eigenvalue weighted by atomic mass is 127. The van der Waals surface area contributed by atoms with Gasteiger partial charge >= 0.3 is 5.97 Å². The average Bonchev–Trinajstić information content (AvgIpc) is 2.26. The zero-order chi connectivity index (χ0) is 13.6. The molecular formula is C13H24BIO3. The maximum absolute atomic E-state index is 11.4. The standard InChI is InChI=1S/C13H24BIO3/c14-12(11(16)17)7-3-1-5-9-13(15,18)10-6-2-4-8-12/h18H,1-10,14H2,(H,16,17). The molecule has 0 saturated heterocycles. The van der Waals surface area contributed by atoms with Gasteiger partial charge in [-0.2, -0.15) is 0 Å². The second-order valence-corrected chi connectivity index (χ2v) is 7.91. The van der Waals surface area contributed by atoms with Crippen LogP contribution in [0.3, 0.4) is 0 Å². The number of alkyl halides is 1. The van der Waals surface area contributed by atoms with Crippen molar-refractivity contribution in [2.45, 2.75) is 73.1 Å². The summed E-state index contributed by atoms with van der Waals surface area (Å²) in [6, 6.07) is 0. The van der Waals surface area contributed by atoms with Crippen LogP contribution in [-0.4, -0.2) is 27.6 Å². The lowest BCUT2D eigenvalue weighted by molar-refractivity contribution is -0.141. The number of aliphatic carboxylic acids is 1. The summed E-state index contributed by atoms with van der Waals surface area (Å²) in [5.74, 6) is -0.648. The van der Waals surface area contributed by atoms with Gasteiger partial charge in [0.2, 0.25) is 0 Å². The number of carbonyl (C=O) groups is 1. The van der Waals surface area contributed by atoms with Gasteiger partial charge in [0.05, 0.1) is 0 Å². The fraction of sp³-hybridized carbons (Fsp3) is 0.923. The Bertz CT molecular complexity index is 265. The second kappa shape index (κ2) is 7.13. The Kier molecular flexibility index (Phi) is 6.45. The van der Waals surface area contributed by atoms with Gasteiger partial charge in [0, 0.05) is 5.31 Å². The van der Waals surface area contributed by atoms with Crippen molar-refractivity contribution in [2.75, 3.05) is 0 Å². The highest BCUT2D eigenvalue weighted by Crippen LogP contribution is 2.38. The van der Waals surface area contributed by atoms with Crippen molar-refractivity contribution in [1.82, 2.24) is 0 Å². The number of carboxylic acid groups (broad SMARTS) is 1. The van der Waals surface area contributed by atoms with Crippen LogP contribution in [0.5, 0.6) is 0 Å². The Labute approximate surface area is 124 Å². The molecule has 0 heterocycles. The summed E-state index contributed by atoms with van der Waals surface area (Å²) in [6.45, 7) is 0. The van der Waals surface area contributed by atoms with E-state index in [0.29, 0.717) is 0 Å². The Morgan fingerprint density at radius 3 is 1.72 bits per heavy atom. The molecule has 1 aliphatic rings. The minimum atomic E-state index is -0.648. The van der Waals surface area contributed by atoms with Crippen molar-refractivity contribution < 1.29 is 15.0 Å². The molecule has 0 atom stereocenters. The van der Waals surface area contributed by atoms with Crippen molar-refractivity contribution in [3.8, 4) is 0 Å². The van der Waals surface area contributed by atoms with E-state index in [-0.39, 0.29) is 0 Å². The number of carboxylic acids is 1. The molecule has 0 aromatic heterocycles. The van der Waals surface area contributed by atoms with Gasteiger partial charge < -0.3 is 10.2 Å². The highest BCUT2D eigenvalue weighted by Gasteiger charge is 2.32. The molecule has 0 aromatic carbocycles. The molecule has 0 aliphatic heterocycles. The molecule has 1 aliphatic carbocycles. The molecule has 0 unspecified atom stereocenters. The van der Waals surface area contributed by atoms with E-state index >= 15 is 0 Å². The summed E-state index contributed by atoms with van der Waals surface area (Å²) in [4.78, 5) is 11.4. The number of aliphatic hydroxyl groups is 1. The minimum Gasteiger partial charge on any atom is -0.481 e. The molecule has 0 aromatic rings. The smallest absolute Gasteiger partial charge is 0.301 e. The van der Waals surface area contributed by atoms with Crippen molar-refractivity contribution >= 4 is 36.4 Å². The van der Waals surface area contributed by atoms with Gasteiger partial charge in [-0.25, -0.2) is 0 Å². The Balaban J connectivity index is 2.54. The van der Waals surface area contributed by atoms with Gasteiger partial charge in [-0.05, 0) is 61.1 Å². The number of hydrogen-bond donors (Lipinski definition) is 2. The summed E-state index contributed by atoms with van der Waals surface area (Å²) in [5, 5.41) is 18.9. The van der Waals surface area contributed by atoms with E-state index < -0.39 is 14.9 Å². The van der Waals surface area contributed by atoms with E-state index in [1.54, 1.807) is 0 Å². The van der Waals surface area contributed by atoms with Gasteiger partial charge in [-0.1, -0.05) is 25.7 Å². The fourth-order valence-electron chi connectivity index (χ4n) is 2.64. The van der Waals surface area contributed by atoms with Gasteiger partial charge in [0.25, 0.3) is 0 Å². The third-order valence-electron chi connectivity index (χ3n) is 4.09. The third kappa shape index (κ3) is 5.47. The number of halogens is 1. The van der Waals surface area contributed by atoms with Gasteiger partial charge in [-0.3, -0.25) is 4.79 Å². The molecule has 1 saturated carbocycles. The number of hydrogen-bond acceptors (Lipinski definition) is 2. The lowest BCUT2D eigenvalue weighted by Gasteiger charge is -2.27. The lowest BCUT2D eigenvalue weighted by Crippen LogP contribution is -2.25. The van der Waals surface area contributed by atoms with Crippen LogP contribution in [0.1, 0.15) is 64.2 Å². The first-order valence-corrected chi connectivity index (χ1v) is 8.08. The van der Waals surface area contributed by atoms with Crippen LogP contribution in [0, 0.1) is 0 Å². The van der Waals surface area contributed by atoms with E-state index in [1.165, 1.54) is 0 Å². The first-order valence-electron chi connectivity index (χ1n) is 7.00. The monoisotopic (exact) mass is 366 g/mol. The van der Waals surface area contributed by atoms with E-state index in [4.69, 9.17) is 0 Å². The van der Waals surface area contributed by atoms with Crippen molar-refractivity contribution in [3.63, 3.8) is 0 Å². The van der Waals surface area contributed by atoms with Gasteiger partial charge in [0.15, 0.2) is 0 Å². The van der Waals surface area contributed by atoms with Gasteiger partial charge in [0.1, 0.15) is 11.5 Å². The minimum absolute atomic E-state index is 0.542. The molecule has 3 nitrogen and oxygen atoms in total. The molecule has 0 radical (unpaired) electrons. The Morgan fingerprint density at radius 1 is 0.944 bits per heavy atom. The van der Waals surface area contributed by atoms with Crippen LogP contribution >= 0.6 is 22.6 Å². The predicted octanol–water partition coefficient (Wildman–Crippen LogP) is 2.90. The average molecular weight is 366 g/mol. The number of rotatable bonds is 1. The van der Waals surface area contributed by atoms with Gasteiger partial charge in [-0.15, -0.1) is 0 Å². The van der Waals surface area contributed by atoms with Crippen LogP contribution in [0.15, 0.2) is 0 Å². The van der Waals surface area contributed by atoms with Crippen molar-refractivity contribution in [2.24, 2.45) is 0 Å². The fourth-order valence-corrected chi connectivity index (χ4v) is 3.40. The maximum atomic E-state index is 11.4. The molecule has 2 N–H and O–H groups in total. The quantitative estimate of drug-likeness (QED) is 0.426. The first kappa shape index (κ1) is 16.3. The predicted molar refractivity (Wildman–Crippen MR) is 84.0 cm³/mol. The molecule has 18 heavy (non-hydrogen) atoms. The van der Waals surface area contributed by atoms with E-state index in [2.05, 4.69) is 22.6 Å². The Hall–Kier alpha value is 0.225. The van der Waals surface area contributed by atoms with Crippen LogP contribution in [0.4, 0.5) is 0 Å². The topological polar surface area (TPSA) is 57.5 Å². The first-order chi connectivity index (χ1) is 8.36. The summed E-state index contributed by atoms with van der Waals surface area (Å²) in [7, 11) is 1.88. The normalized spacial score (nSPS) is 36.3.